The normalized spacial score (nSPS) is 14.0. The lowest BCUT2D eigenvalue weighted by Gasteiger charge is -2.26. The summed E-state index contributed by atoms with van der Waals surface area (Å²) >= 11 is 6.09. The van der Waals surface area contributed by atoms with Crippen LogP contribution in [0.2, 0.25) is 5.02 Å². The van der Waals surface area contributed by atoms with Gasteiger partial charge in [0.1, 0.15) is 5.69 Å². The van der Waals surface area contributed by atoms with Gasteiger partial charge < -0.3 is 20.4 Å². The summed E-state index contributed by atoms with van der Waals surface area (Å²) in [6.07, 6.45) is -2.02. The number of rotatable bonds is 3. The highest BCUT2D eigenvalue weighted by molar-refractivity contribution is 6.31. The number of hydrogen-bond acceptors (Lipinski definition) is 6. The van der Waals surface area contributed by atoms with Gasteiger partial charge >= 0.3 is 12.1 Å². The molecule has 1 amide bonds. The maximum absolute atomic E-state index is 12.3. The summed E-state index contributed by atoms with van der Waals surface area (Å²) in [6, 6.07) is 5.30. The van der Waals surface area contributed by atoms with Crippen molar-refractivity contribution in [1.82, 2.24) is 20.2 Å². The van der Waals surface area contributed by atoms with Crippen LogP contribution in [0.1, 0.15) is 16.1 Å². The fourth-order valence-corrected chi connectivity index (χ4v) is 2.69. The van der Waals surface area contributed by atoms with E-state index in [9.17, 15) is 18.0 Å². The Kier molecular flexibility index (Phi) is 8.09. The minimum Gasteiger partial charge on any atom is -0.475 e. The molecular formula is C18H18ClF3N4O4. The Balaban J connectivity index is 0.000000396. The van der Waals surface area contributed by atoms with Crippen molar-refractivity contribution in [2.24, 2.45) is 0 Å². The highest BCUT2D eigenvalue weighted by Crippen LogP contribution is 2.24. The molecule has 1 aliphatic heterocycles. The number of piperazine rings is 1. The van der Waals surface area contributed by atoms with Crippen molar-refractivity contribution in [2.45, 2.75) is 12.8 Å². The maximum Gasteiger partial charge on any atom is 0.490 e. The first kappa shape index (κ1) is 23.5. The van der Waals surface area contributed by atoms with Gasteiger partial charge in [-0.05, 0) is 11.6 Å². The summed E-state index contributed by atoms with van der Waals surface area (Å²) in [7, 11) is 0. The van der Waals surface area contributed by atoms with Crippen molar-refractivity contribution < 1.29 is 33.0 Å². The molecule has 0 aliphatic carbocycles. The van der Waals surface area contributed by atoms with Gasteiger partial charge in [-0.3, -0.25) is 9.78 Å². The molecule has 0 spiro atoms. The number of carboxylic acid groups (broad SMARTS) is 1. The number of halogens is 4. The Hall–Kier alpha value is -2.76. The summed E-state index contributed by atoms with van der Waals surface area (Å²) in [5.41, 5.74) is 2.43. The van der Waals surface area contributed by atoms with Crippen LogP contribution >= 0.6 is 11.6 Å². The Morgan fingerprint density at radius 3 is 2.27 bits per heavy atom. The van der Waals surface area contributed by atoms with Crippen LogP contribution < -0.4 is 5.32 Å². The third-order valence-corrected chi connectivity index (χ3v) is 4.39. The lowest BCUT2D eigenvalue weighted by Crippen LogP contribution is -2.46. The first-order chi connectivity index (χ1) is 14.1. The highest BCUT2D eigenvalue weighted by Gasteiger charge is 2.38. The number of aliphatic hydroxyl groups is 1. The Bertz CT molecular complexity index is 888. The summed E-state index contributed by atoms with van der Waals surface area (Å²) in [4.78, 5) is 31.5. The molecule has 8 nitrogen and oxygen atoms in total. The zero-order valence-electron chi connectivity index (χ0n) is 15.5. The van der Waals surface area contributed by atoms with Gasteiger partial charge in [-0.1, -0.05) is 23.7 Å². The van der Waals surface area contributed by atoms with E-state index in [4.69, 9.17) is 26.6 Å². The number of nitrogens with zero attached hydrogens (tertiary/aromatic N) is 3. The topological polar surface area (TPSA) is 116 Å². The second kappa shape index (κ2) is 10.3. The molecule has 3 N–H and O–H groups in total. The molecule has 2 aromatic rings. The molecule has 0 radical (unpaired) electrons. The Morgan fingerprint density at radius 2 is 1.80 bits per heavy atom. The molecule has 1 fully saturated rings. The predicted octanol–water partition coefficient (Wildman–Crippen LogP) is 1.97. The Labute approximate surface area is 174 Å². The van der Waals surface area contributed by atoms with Crippen LogP contribution in [0.25, 0.3) is 11.3 Å². The molecule has 12 heteroatoms. The number of carbonyl (C=O) groups excluding carboxylic acids is 1. The van der Waals surface area contributed by atoms with E-state index in [1.807, 2.05) is 6.07 Å². The zero-order valence-corrected chi connectivity index (χ0v) is 16.2. The van der Waals surface area contributed by atoms with Crippen molar-refractivity contribution in [3.63, 3.8) is 0 Å². The third kappa shape index (κ3) is 6.37. The molecule has 1 aromatic heterocycles. The zero-order chi connectivity index (χ0) is 22.3. The van der Waals surface area contributed by atoms with Gasteiger partial charge in [-0.25, -0.2) is 9.78 Å². The van der Waals surface area contributed by atoms with E-state index >= 15 is 0 Å². The fourth-order valence-electron chi connectivity index (χ4n) is 2.45. The molecule has 1 aliphatic rings. The standard InChI is InChI=1S/C16H17ClN4O2.C2HF3O2/c17-13-7-11(1-2-12(13)10-22)14-8-20-15(9-19-14)16(23)21-5-3-18-4-6-21;3-2(4,5)1(6)7/h1-2,7-9,18,22H,3-6,10H2;(H,6,7). The second-order valence-corrected chi connectivity index (χ2v) is 6.50. The van der Waals surface area contributed by atoms with Crippen LogP contribution in [0, 0.1) is 0 Å². The van der Waals surface area contributed by atoms with Gasteiger partial charge in [0.2, 0.25) is 0 Å². The Morgan fingerprint density at radius 1 is 1.17 bits per heavy atom. The smallest absolute Gasteiger partial charge is 0.475 e. The van der Waals surface area contributed by atoms with E-state index in [-0.39, 0.29) is 12.5 Å². The first-order valence-corrected chi connectivity index (χ1v) is 9.03. The van der Waals surface area contributed by atoms with Crippen LogP contribution in [-0.2, 0) is 11.4 Å². The molecule has 0 unspecified atom stereocenters. The molecule has 0 atom stereocenters. The minimum absolute atomic E-state index is 0.0980. The average Bonchev–Trinajstić information content (AvgIpc) is 2.73. The molecule has 2 heterocycles. The molecule has 3 rings (SSSR count). The summed E-state index contributed by atoms with van der Waals surface area (Å²) < 4.78 is 31.7. The largest absolute Gasteiger partial charge is 0.490 e. The lowest BCUT2D eigenvalue weighted by molar-refractivity contribution is -0.192. The molecular weight excluding hydrogens is 429 g/mol. The van der Waals surface area contributed by atoms with Crippen molar-refractivity contribution in [3.8, 4) is 11.3 Å². The summed E-state index contributed by atoms with van der Waals surface area (Å²) in [5, 5.41) is 20.0. The number of alkyl halides is 3. The van der Waals surface area contributed by atoms with Crippen molar-refractivity contribution in [1.29, 1.82) is 0 Å². The van der Waals surface area contributed by atoms with E-state index in [1.165, 1.54) is 6.20 Å². The first-order valence-electron chi connectivity index (χ1n) is 8.65. The number of aliphatic carboxylic acids is 1. The van der Waals surface area contributed by atoms with E-state index in [0.29, 0.717) is 35.1 Å². The number of carbonyl (C=O) groups is 2. The van der Waals surface area contributed by atoms with Gasteiger partial charge in [-0.2, -0.15) is 13.2 Å². The van der Waals surface area contributed by atoms with Crippen molar-refractivity contribution in [2.75, 3.05) is 26.2 Å². The molecule has 1 saturated heterocycles. The van der Waals surface area contributed by atoms with Crippen molar-refractivity contribution >= 4 is 23.5 Å². The SMILES string of the molecule is O=C(O)C(F)(F)F.O=C(c1cnc(-c2ccc(CO)c(Cl)c2)cn1)N1CCNCC1. The van der Waals surface area contributed by atoms with E-state index in [1.54, 1.807) is 23.2 Å². The number of aromatic nitrogens is 2. The van der Waals surface area contributed by atoms with E-state index < -0.39 is 12.1 Å². The second-order valence-electron chi connectivity index (χ2n) is 6.10. The van der Waals surface area contributed by atoms with Crippen LogP contribution in [0.3, 0.4) is 0 Å². The van der Waals surface area contributed by atoms with Crippen LogP contribution in [0.4, 0.5) is 13.2 Å². The molecule has 0 saturated carbocycles. The highest BCUT2D eigenvalue weighted by atomic mass is 35.5. The van der Waals surface area contributed by atoms with Gasteiger partial charge in [0.25, 0.3) is 5.91 Å². The summed E-state index contributed by atoms with van der Waals surface area (Å²) in [5.74, 6) is -2.85. The van der Waals surface area contributed by atoms with E-state index in [2.05, 4.69) is 15.3 Å². The van der Waals surface area contributed by atoms with Crippen molar-refractivity contribution in [3.05, 3.63) is 46.9 Å². The quantitative estimate of drug-likeness (QED) is 0.660. The van der Waals surface area contributed by atoms with Gasteiger partial charge in [0.15, 0.2) is 0 Å². The predicted molar refractivity (Wildman–Crippen MR) is 101 cm³/mol. The number of amides is 1. The number of hydrogen-bond donors (Lipinski definition) is 3. The number of carboxylic acids is 1. The van der Waals surface area contributed by atoms with Gasteiger partial charge in [-0.15, -0.1) is 0 Å². The third-order valence-electron chi connectivity index (χ3n) is 4.04. The number of nitrogens with one attached hydrogen (secondary N) is 1. The molecule has 162 valence electrons. The molecule has 0 bridgehead atoms. The maximum atomic E-state index is 12.3. The monoisotopic (exact) mass is 446 g/mol. The van der Waals surface area contributed by atoms with E-state index in [0.717, 1.165) is 18.7 Å². The van der Waals surface area contributed by atoms with Crippen LogP contribution in [0.5, 0.6) is 0 Å². The molecule has 1 aromatic carbocycles. The van der Waals surface area contributed by atoms with Crippen LogP contribution in [0.15, 0.2) is 30.6 Å². The number of aliphatic hydroxyl groups excluding tert-OH is 1. The molecule has 30 heavy (non-hydrogen) atoms. The van der Waals surface area contributed by atoms with Gasteiger partial charge in [0.05, 0.1) is 24.7 Å². The minimum atomic E-state index is -5.08. The van der Waals surface area contributed by atoms with Crippen LogP contribution in [-0.4, -0.2) is 69.3 Å². The van der Waals surface area contributed by atoms with Gasteiger partial charge in [0, 0.05) is 36.8 Å². The average molecular weight is 447 g/mol. The summed E-state index contributed by atoms with van der Waals surface area (Å²) in [6.45, 7) is 2.85. The number of benzene rings is 1. The lowest BCUT2D eigenvalue weighted by atomic mass is 10.1. The fraction of sp³-hybridized carbons (Fsp3) is 0.333.